The average Bonchev–Trinajstić information content (AvgIpc) is 3.21. The first-order valence-electron chi connectivity index (χ1n) is 10.5. The minimum atomic E-state index is -0.573. The van der Waals surface area contributed by atoms with Crippen LogP contribution in [0, 0.1) is 34.6 Å². The summed E-state index contributed by atoms with van der Waals surface area (Å²) in [6, 6.07) is 9.76. The van der Waals surface area contributed by atoms with Crippen LogP contribution < -0.4 is 0 Å². The van der Waals surface area contributed by atoms with Gasteiger partial charge in [0.25, 0.3) is 0 Å². The predicted molar refractivity (Wildman–Crippen MR) is 121 cm³/mol. The first-order chi connectivity index (χ1) is 15.1. The van der Waals surface area contributed by atoms with E-state index < -0.39 is 24.3 Å². The molecular weight excluding hydrogens is 408 g/mol. The number of carbonyl (C=O) groups excluding carboxylic acids is 3. The molecule has 0 radical (unpaired) electrons. The lowest BCUT2D eigenvalue weighted by molar-refractivity contribution is 0.0471. The number of ether oxygens (including phenoxy) is 2. The fourth-order valence-electron chi connectivity index (χ4n) is 3.88. The van der Waals surface area contributed by atoms with Crippen LogP contribution in [0.15, 0.2) is 30.3 Å². The van der Waals surface area contributed by atoms with Gasteiger partial charge < -0.3 is 19.0 Å². The van der Waals surface area contributed by atoms with Crippen molar-refractivity contribution in [1.29, 1.82) is 0 Å². The molecule has 0 aliphatic rings. The Hall–Kier alpha value is -3.61. The molecular formula is C25H28N2O5. The fourth-order valence-corrected chi connectivity index (χ4v) is 3.88. The second-order valence-corrected chi connectivity index (χ2v) is 7.80. The van der Waals surface area contributed by atoms with Crippen molar-refractivity contribution in [2.24, 2.45) is 0 Å². The number of H-pyrrole nitrogens is 1. The largest absolute Gasteiger partial charge is 0.462 e. The third kappa shape index (κ3) is 4.37. The lowest BCUT2D eigenvalue weighted by Gasteiger charge is -2.10. The third-order valence-electron chi connectivity index (χ3n) is 5.47. The molecule has 32 heavy (non-hydrogen) atoms. The third-order valence-corrected chi connectivity index (χ3v) is 5.47. The minimum absolute atomic E-state index is 0.239. The van der Waals surface area contributed by atoms with Gasteiger partial charge in [0.05, 0.1) is 23.4 Å². The van der Waals surface area contributed by atoms with Gasteiger partial charge in [-0.2, -0.15) is 0 Å². The number of benzene rings is 1. The van der Waals surface area contributed by atoms with Gasteiger partial charge in [0.2, 0.25) is 5.78 Å². The molecule has 1 N–H and O–H groups in total. The summed E-state index contributed by atoms with van der Waals surface area (Å²) < 4.78 is 12.3. The fraction of sp³-hybridized carbons (Fsp3) is 0.320. The highest BCUT2D eigenvalue weighted by atomic mass is 16.5. The number of esters is 2. The monoisotopic (exact) mass is 436 g/mol. The summed E-state index contributed by atoms with van der Waals surface area (Å²) >= 11 is 0. The number of hydrogen-bond donors (Lipinski definition) is 1. The smallest absolute Gasteiger partial charge is 0.340 e. The van der Waals surface area contributed by atoms with E-state index in [2.05, 4.69) is 4.98 Å². The number of aromatic nitrogens is 2. The van der Waals surface area contributed by atoms with E-state index in [9.17, 15) is 14.4 Å². The number of hydrogen-bond acceptors (Lipinski definition) is 5. The average molecular weight is 437 g/mol. The highest BCUT2D eigenvalue weighted by molar-refractivity contribution is 6.03. The number of Topliss-reactive ketones (excluding diaryl/α,β-unsaturated/α-hetero) is 1. The molecule has 0 aliphatic carbocycles. The number of aromatic amines is 1. The maximum Gasteiger partial charge on any atom is 0.340 e. The van der Waals surface area contributed by atoms with Crippen LogP contribution >= 0.6 is 0 Å². The van der Waals surface area contributed by atoms with Crippen LogP contribution in [0.2, 0.25) is 0 Å². The summed E-state index contributed by atoms with van der Waals surface area (Å²) in [4.78, 5) is 40.5. The van der Waals surface area contributed by atoms with Crippen molar-refractivity contribution in [3.05, 3.63) is 75.4 Å². The number of carbonyl (C=O) groups is 3. The maximum absolute atomic E-state index is 12.7. The second kappa shape index (κ2) is 9.26. The van der Waals surface area contributed by atoms with E-state index in [1.807, 2.05) is 49.6 Å². The predicted octanol–water partition coefficient (Wildman–Crippen LogP) is 4.56. The van der Waals surface area contributed by atoms with Crippen molar-refractivity contribution >= 4 is 17.7 Å². The van der Waals surface area contributed by atoms with E-state index in [1.54, 1.807) is 26.8 Å². The van der Waals surface area contributed by atoms with Gasteiger partial charge in [-0.15, -0.1) is 0 Å². The molecule has 0 atom stereocenters. The summed E-state index contributed by atoms with van der Waals surface area (Å²) in [5, 5.41) is 0. The van der Waals surface area contributed by atoms with Gasteiger partial charge in [0, 0.05) is 22.8 Å². The Kier molecular flexibility index (Phi) is 6.67. The number of nitrogens with zero attached hydrogens (tertiary/aromatic N) is 1. The molecule has 2 aromatic heterocycles. The molecule has 3 aromatic rings. The van der Waals surface area contributed by atoms with Gasteiger partial charge in [-0.1, -0.05) is 17.7 Å². The highest BCUT2D eigenvalue weighted by Crippen LogP contribution is 2.23. The molecule has 7 heteroatoms. The van der Waals surface area contributed by atoms with Crippen LogP contribution in [0.3, 0.4) is 0 Å². The summed E-state index contributed by atoms with van der Waals surface area (Å²) in [5.41, 5.74) is 5.73. The molecule has 168 valence electrons. The first-order valence-corrected chi connectivity index (χ1v) is 10.5. The minimum Gasteiger partial charge on any atom is -0.462 e. The summed E-state index contributed by atoms with van der Waals surface area (Å²) in [7, 11) is 0. The van der Waals surface area contributed by atoms with E-state index in [4.69, 9.17) is 9.47 Å². The number of nitrogens with one attached hydrogen (secondary N) is 1. The quantitative estimate of drug-likeness (QED) is 0.433. The number of rotatable bonds is 7. The molecule has 0 saturated carbocycles. The maximum atomic E-state index is 12.7. The molecule has 3 rings (SSSR count). The lowest BCUT2D eigenvalue weighted by atomic mass is 10.1. The van der Waals surface area contributed by atoms with Crippen LogP contribution in [0.4, 0.5) is 0 Å². The zero-order chi connectivity index (χ0) is 23.6. The van der Waals surface area contributed by atoms with E-state index >= 15 is 0 Å². The topological polar surface area (TPSA) is 90.4 Å². The molecule has 7 nitrogen and oxygen atoms in total. The van der Waals surface area contributed by atoms with Crippen LogP contribution in [0.1, 0.15) is 66.3 Å². The van der Waals surface area contributed by atoms with E-state index in [-0.39, 0.29) is 12.3 Å². The Labute approximate surface area is 187 Å². The number of ketones is 1. The molecule has 0 amide bonds. The second-order valence-electron chi connectivity index (χ2n) is 7.80. The first kappa shape index (κ1) is 23.1. The highest BCUT2D eigenvalue weighted by Gasteiger charge is 2.24. The van der Waals surface area contributed by atoms with Crippen LogP contribution in [-0.4, -0.2) is 40.5 Å². The van der Waals surface area contributed by atoms with E-state index in [0.29, 0.717) is 22.4 Å². The Morgan fingerprint density at radius 1 is 0.938 bits per heavy atom. The van der Waals surface area contributed by atoms with Crippen molar-refractivity contribution in [2.75, 3.05) is 13.2 Å². The molecule has 0 bridgehead atoms. The Morgan fingerprint density at radius 2 is 1.59 bits per heavy atom. The Morgan fingerprint density at radius 3 is 2.22 bits per heavy atom. The van der Waals surface area contributed by atoms with Gasteiger partial charge in [0.15, 0.2) is 6.61 Å². The van der Waals surface area contributed by atoms with Crippen molar-refractivity contribution in [3.63, 3.8) is 0 Å². The van der Waals surface area contributed by atoms with Gasteiger partial charge in [-0.3, -0.25) is 4.79 Å². The Bertz CT molecular complexity index is 1180. The molecule has 0 saturated heterocycles. The number of aryl methyl sites for hydroxylation is 3. The van der Waals surface area contributed by atoms with Gasteiger partial charge >= 0.3 is 11.9 Å². The van der Waals surface area contributed by atoms with Crippen LogP contribution in [-0.2, 0) is 9.47 Å². The van der Waals surface area contributed by atoms with Crippen molar-refractivity contribution in [3.8, 4) is 5.69 Å². The van der Waals surface area contributed by atoms with E-state index in [0.717, 1.165) is 22.6 Å². The van der Waals surface area contributed by atoms with Crippen molar-refractivity contribution in [1.82, 2.24) is 9.55 Å². The van der Waals surface area contributed by atoms with Crippen LogP contribution in [0.25, 0.3) is 5.69 Å². The van der Waals surface area contributed by atoms with Gasteiger partial charge in [-0.25, -0.2) is 9.59 Å². The SMILES string of the molecule is CCOC(=O)c1c(C)[nH]c(C(=O)COC(=O)c2cc(C)n(-c3ccc(C)cc3)c2C)c1C. The molecule has 2 heterocycles. The molecule has 1 aromatic carbocycles. The normalized spacial score (nSPS) is 10.8. The standard InChI is InChI=1S/C25H28N2O5/c1-7-31-25(30)22-16(4)23(26-17(22)5)21(28)13-32-24(29)20-12-15(3)27(18(20)6)19-10-8-14(2)9-11-19/h8-12,26H,7,13H2,1-6H3. The molecule has 0 fully saturated rings. The lowest BCUT2D eigenvalue weighted by Crippen LogP contribution is -2.16. The van der Waals surface area contributed by atoms with Crippen molar-refractivity contribution in [2.45, 2.75) is 41.5 Å². The molecule has 0 unspecified atom stereocenters. The van der Waals surface area contributed by atoms with Crippen LogP contribution in [0.5, 0.6) is 0 Å². The Balaban J connectivity index is 1.76. The molecule has 0 spiro atoms. The molecule has 0 aliphatic heterocycles. The van der Waals surface area contributed by atoms with E-state index in [1.165, 1.54) is 0 Å². The zero-order valence-electron chi connectivity index (χ0n) is 19.3. The summed E-state index contributed by atoms with van der Waals surface area (Å²) in [5.74, 6) is -1.48. The zero-order valence-corrected chi connectivity index (χ0v) is 19.3. The summed E-state index contributed by atoms with van der Waals surface area (Å²) in [6.45, 7) is 10.7. The van der Waals surface area contributed by atoms with Crippen molar-refractivity contribution < 1.29 is 23.9 Å². The summed E-state index contributed by atoms with van der Waals surface area (Å²) in [6.07, 6.45) is 0. The van der Waals surface area contributed by atoms with Gasteiger partial charge in [0.1, 0.15) is 0 Å². The van der Waals surface area contributed by atoms with Gasteiger partial charge in [-0.05, 0) is 65.3 Å².